The molecule has 0 saturated heterocycles. The van der Waals surface area contributed by atoms with Crippen molar-refractivity contribution >= 4 is 15.9 Å². The average Bonchev–Trinajstić information content (AvgIpc) is 2.88. The van der Waals surface area contributed by atoms with E-state index >= 15 is 0 Å². The molecule has 0 bridgehead atoms. The van der Waals surface area contributed by atoms with Gasteiger partial charge in [0.15, 0.2) is 0 Å². The third-order valence-electron chi connectivity index (χ3n) is 2.53. The first-order valence-corrected chi connectivity index (χ1v) is 5.07. The van der Waals surface area contributed by atoms with Crippen LogP contribution in [0.15, 0.2) is 22.7 Å². The lowest BCUT2D eigenvalue weighted by Crippen LogP contribution is -1.89. The summed E-state index contributed by atoms with van der Waals surface area (Å²) >= 11 is 3.11. The lowest BCUT2D eigenvalue weighted by molar-refractivity contribution is 0.274. The van der Waals surface area contributed by atoms with Crippen LogP contribution in [0.2, 0.25) is 0 Å². The topological polar surface area (TPSA) is 20.2 Å². The van der Waals surface area contributed by atoms with Gasteiger partial charge < -0.3 is 5.11 Å². The van der Waals surface area contributed by atoms with Crippen LogP contribution in [-0.2, 0) is 0 Å². The Balaban J connectivity index is 2.19. The molecule has 2 atom stereocenters. The van der Waals surface area contributed by atoms with E-state index in [1.807, 2.05) is 6.07 Å². The number of hydrogen-bond acceptors (Lipinski definition) is 1. The van der Waals surface area contributed by atoms with Crippen molar-refractivity contribution in [1.29, 1.82) is 0 Å². The predicted octanol–water partition coefficient (Wildman–Crippen LogP) is 2.68. The standard InChI is InChI=1S/C10H10BrFO/c11-9-2-1-6(4-10(9)12)8-3-7(8)5-13/h1-2,4,7-8,13H,3,5H2/t7-,8-/m1/s1. The summed E-state index contributed by atoms with van der Waals surface area (Å²) in [5.74, 6) is 0.495. The molecule has 3 heteroatoms. The zero-order chi connectivity index (χ0) is 9.42. The molecule has 2 rings (SSSR count). The van der Waals surface area contributed by atoms with Crippen molar-refractivity contribution in [2.24, 2.45) is 5.92 Å². The molecule has 0 spiro atoms. The van der Waals surface area contributed by atoms with Gasteiger partial charge in [0.05, 0.1) is 4.47 Å². The Morgan fingerprint density at radius 1 is 1.54 bits per heavy atom. The number of rotatable bonds is 2. The van der Waals surface area contributed by atoms with Gasteiger partial charge in [0.2, 0.25) is 0 Å². The quantitative estimate of drug-likeness (QED) is 0.849. The third-order valence-corrected chi connectivity index (χ3v) is 3.17. The van der Waals surface area contributed by atoms with Crippen molar-refractivity contribution in [2.75, 3.05) is 6.61 Å². The van der Waals surface area contributed by atoms with Gasteiger partial charge in [-0.1, -0.05) is 6.07 Å². The van der Waals surface area contributed by atoms with E-state index in [1.54, 1.807) is 12.1 Å². The van der Waals surface area contributed by atoms with Crippen molar-refractivity contribution in [3.63, 3.8) is 0 Å². The van der Waals surface area contributed by atoms with Gasteiger partial charge in [-0.3, -0.25) is 0 Å². The van der Waals surface area contributed by atoms with Crippen LogP contribution in [0.25, 0.3) is 0 Å². The molecule has 0 unspecified atom stereocenters. The van der Waals surface area contributed by atoms with E-state index in [9.17, 15) is 4.39 Å². The van der Waals surface area contributed by atoms with Crippen LogP contribution >= 0.6 is 15.9 Å². The molecule has 0 aromatic heterocycles. The zero-order valence-electron chi connectivity index (χ0n) is 7.00. The molecule has 1 aliphatic rings. The Morgan fingerprint density at radius 3 is 2.85 bits per heavy atom. The summed E-state index contributed by atoms with van der Waals surface area (Å²) in [6, 6.07) is 5.18. The number of benzene rings is 1. The van der Waals surface area contributed by atoms with E-state index in [0.717, 1.165) is 12.0 Å². The third kappa shape index (κ3) is 1.76. The van der Waals surface area contributed by atoms with Crippen molar-refractivity contribution < 1.29 is 9.50 Å². The van der Waals surface area contributed by atoms with Crippen LogP contribution in [-0.4, -0.2) is 11.7 Å². The largest absolute Gasteiger partial charge is 0.396 e. The van der Waals surface area contributed by atoms with E-state index in [1.165, 1.54) is 0 Å². The van der Waals surface area contributed by atoms with Crippen LogP contribution in [0.1, 0.15) is 17.9 Å². The molecule has 13 heavy (non-hydrogen) atoms. The van der Waals surface area contributed by atoms with E-state index in [-0.39, 0.29) is 12.4 Å². The highest BCUT2D eigenvalue weighted by Gasteiger charge is 2.37. The molecule has 1 aromatic rings. The van der Waals surface area contributed by atoms with E-state index in [4.69, 9.17) is 5.11 Å². The van der Waals surface area contributed by atoms with Crippen molar-refractivity contribution in [1.82, 2.24) is 0 Å². The Bertz CT molecular complexity index is 327. The SMILES string of the molecule is OC[C@H]1C[C@@H]1c1ccc(Br)c(F)c1. The molecule has 0 aliphatic heterocycles. The zero-order valence-corrected chi connectivity index (χ0v) is 8.59. The molecular formula is C10H10BrFO. The van der Waals surface area contributed by atoms with Crippen LogP contribution < -0.4 is 0 Å². The Kier molecular flexibility index (Phi) is 2.39. The molecule has 1 saturated carbocycles. The van der Waals surface area contributed by atoms with Crippen LogP contribution in [0, 0.1) is 11.7 Å². The molecule has 0 radical (unpaired) electrons. The minimum absolute atomic E-state index is 0.211. The van der Waals surface area contributed by atoms with E-state index in [0.29, 0.717) is 16.3 Å². The Labute approximate surface area is 84.7 Å². The number of aliphatic hydroxyl groups is 1. The molecule has 0 heterocycles. The van der Waals surface area contributed by atoms with Gasteiger partial charge in [0.25, 0.3) is 0 Å². The minimum atomic E-state index is -0.221. The first kappa shape index (κ1) is 9.16. The first-order chi connectivity index (χ1) is 6.22. The van der Waals surface area contributed by atoms with Gasteiger partial charge >= 0.3 is 0 Å². The van der Waals surface area contributed by atoms with Gasteiger partial charge in [-0.15, -0.1) is 0 Å². The molecular weight excluding hydrogens is 235 g/mol. The van der Waals surface area contributed by atoms with Crippen LogP contribution in [0.3, 0.4) is 0 Å². The molecule has 1 N–H and O–H groups in total. The van der Waals surface area contributed by atoms with E-state index in [2.05, 4.69) is 15.9 Å². The monoisotopic (exact) mass is 244 g/mol. The molecule has 1 aromatic carbocycles. The first-order valence-electron chi connectivity index (χ1n) is 4.28. The summed E-state index contributed by atoms with van der Waals surface area (Å²) in [6.45, 7) is 0.211. The summed E-state index contributed by atoms with van der Waals surface area (Å²) in [4.78, 5) is 0. The second-order valence-corrected chi connectivity index (χ2v) is 4.31. The highest BCUT2D eigenvalue weighted by Crippen LogP contribution is 2.47. The van der Waals surface area contributed by atoms with Gasteiger partial charge in [0.1, 0.15) is 5.82 Å². The fourth-order valence-electron chi connectivity index (χ4n) is 1.60. The van der Waals surface area contributed by atoms with Crippen molar-refractivity contribution in [3.8, 4) is 0 Å². The molecule has 1 aliphatic carbocycles. The molecule has 70 valence electrons. The van der Waals surface area contributed by atoms with Gasteiger partial charge in [0, 0.05) is 6.61 Å². The molecule has 1 nitrogen and oxygen atoms in total. The summed E-state index contributed by atoms with van der Waals surface area (Å²) in [5, 5.41) is 8.86. The van der Waals surface area contributed by atoms with Gasteiger partial charge in [-0.2, -0.15) is 0 Å². The minimum Gasteiger partial charge on any atom is -0.396 e. The maximum absolute atomic E-state index is 13.1. The Morgan fingerprint density at radius 2 is 2.31 bits per heavy atom. The normalized spacial score (nSPS) is 26.1. The molecule has 0 amide bonds. The number of aliphatic hydroxyl groups excluding tert-OH is 1. The predicted molar refractivity (Wildman–Crippen MR) is 52.0 cm³/mol. The van der Waals surface area contributed by atoms with Crippen LogP contribution in [0.5, 0.6) is 0 Å². The second-order valence-electron chi connectivity index (χ2n) is 3.46. The van der Waals surface area contributed by atoms with Crippen molar-refractivity contribution in [3.05, 3.63) is 34.1 Å². The summed E-state index contributed by atoms with van der Waals surface area (Å²) < 4.78 is 13.6. The van der Waals surface area contributed by atoms with Crippen LogP contribution in [0.4, 0.5) is 4.39 Å². The smallest absolute Gasteiger partial charge is 0.137 e. The maximum atomic E-state index is 13.1. The summed E-state index contributed by atoms with van der Waals surface area (Å²) in [5.41, 5.74) is 1.000. The number of halogens is 2. The highest BCUT2D eigenvalue weighted by atomic mass is 79.9. The van der Waals surface area contributed by atoms with E-state index < -0.39 is 0 Å². The number of hydrogen-bond donors (Lipinski definition) is 1. The fraction of sp³-hybridized carbons (Fsp3) is 0.400. The summed E-state index contributed by atoms with van der Waals surface area (Å²) in [7, 11) is 0. The fourth-order valence-corrected chi connectivity index (χ4v) is 1.85. The van der Waals surface area contributed by atoms with Crippen molar-refractivity contribution in [2.45, 2.75) is 12.3 Å². The highest BCUT2D eigenvalue weighted by molar-refractivity contribution is 9.10. The Hall–Kier alpha value is -0.410. The maximum Gasteiger partial charge on any atom is 0.137 e. The van der Waals surface area contributed by atoms with Gasteiger partial charge in [-0.05, 0) is 51.9 Å². The second kappa shape index (κ2) is 3.39. The average molecular weight is 245 g/mol. The lowest BCUT2D eigenvalue weighted by Gasteiger charge is -2.00. The lowest BCUT2D eigenvalue weighted by atomic mass is 10.1. The summed E-state index contributed by atoms with van der Waals surface area (Å²) in [6.07, 6.45) is 0.984. The molecule has 1 fully saturated rings. The van der Waals surface area contributed by atoms with Gasteiger partial charge in [-0.25, -0.2) is 4.39 Å².